The first-order valence-electron chi connectivity index (χ1n) is 19.0. The third kappa shape index (κ3) is 12.9. The Morgan fingerprint density at radius 1 is 0.776 bits per heavy atom. The van der Waals surface area contributed by atoms with E-state index in [1.54, 1.807) is 24.5 Å². The zero-order valence-corrected chi connectivity index (χ0v) is 30.3. The summed E-state index contributed by atoms with van der Waals surface area (Å²) in [5.74, 6) is 0.00396. The third-order valence-corrected chi connectivity index (χ3v) is 9.85. The van der Waals surface area contributed by atoms with E-state index in [1.165, 1.54) is 77.0 Å². The highest BCUT2D eigenvalue weighted by molar-refractivity contribution is 5.93. The predicted octanol–water partition coefficient (Wildman–Crippen LogP) is 9.32. The zero-order chi connectivity index (χ0) is 34.7. The summed E-state index contributed by atoms with van der Waals surface area (Å²) in [6.07, 6.45) is 18.1. The van der Waals surface area contributed by atoms with Gasteiger partial charge in [0.1, 0.15) is 0 Å². The predicted molar refractivity (Wildman–Crippen MR) is 198 cm³/mol. The quantitative estimate of drug-likeness (QED) is 0.104. The highest BCUT2D eigenvalue weighted by Gasteiger charge is 2.39. The maximum Gasteiger partial charge on any atom is 0.253 e. The Morgan fingerprint density at radius 3 is 1.96 bits per heavy atom. The third-order valence-electron chi connectivity index (χ3n) is 9.85. The van der Waals surface area contributed by atoms with Gasteiger partial charge in [-0.25, -0.2) is 0 Å². The molecule has 1 aromatic heterocycles. The number of carbonyl (C=O) groups is 1. The van der Waals surface area contributed by atoms with E-state index in [9.17, 15) is 9.90 Å². The molecule has 4 atom stereocenters. The summed E-state index contributed by atoms with van der Waals surface area (Å²) in [7, 11) is 0. The number of aromatic nitrogens is 1. The van der Waals surface area contributed by atoms with E-state index < -0.39 is 6.29 Å². The average Bonchev–Trinajstić information content (AvgIpc) is 3.14. The van der Waals surface area contributed by atoms with Crippen molar-refractivity contribution >= 4 is 5.91 Å². The molecule has 7 nitrogen and oxygen atoms in total. The van der Waals surface area contributed by atoms with Crippen molar-refractivity contribution in [3.05, 3.63) is 101 Å². The lowest BCUT2D eigenvalue weighted by Gasteiger charge is -2.43. The van der Waals surface area contributed by atoms with Crippen LogP contribution in [-0.2, 0) is 22.6 Å². The molecular formula is C42H61N3O4. The fourth-order valence-electron chi connectivity index (χ4n) is 6.68. The fourth-order valence-corrected chi connectivity index (χ4v) is 6.68. The highest BCUT2D eigenvalue weighted by Crippen LogP contribution is 2.42. The summed E-state index contributed by atoms with van der Waals surface area (Å²) in [4.78, 5) is 19.2. The van der Waals surface area contributed by atoms with Gasteiger partial charge in [0.2, 0.25) is 0 Å². The van der Waals surface area contributed by atoms with Crippen LogP contribution in [0.25, 0.3) is 0 Å². The van der Waals surface area contributed by atoms with Crippen molar-refractivity contribution in [1.82, 2.24) is 15.2 Å². The van der Waals surface area contributed by atoms with E-state index in [4.69, 9.17) is 9.47 Å². The van der Waals surface area contributed by atoms with Crippen molar-refractivity contribution in [1.29, 1.82) is 0 Å². The highest BCUT2D eigenvalue weighted by atomic mass is 16.7. The fraction of sp³-hybridized carbons (Fsp3) is 0.571. The number of nitrogens with one attached hydrogen (secondary N) is 1. The number of aliphatic hydroxyl groups is 1. The summed E-state index contributed by atoms with van der Waals surface area (Å²) in [6, 6.07) is 19.9. The number of pyridine rings is 1. The molecule has 2 N–H and O–H groups in total. The number of ether oxygens (including phenoxy) is 2. The summed E-state index contributed by atoms with van der Waals surface area (Å²) < 4.78 is 13.6. The van der Waals surface area contributed by atoms with E-state index in [1.807, 2.05) is 24.3 Å². The number of carbonyl (C=O) groups excluding carboxylic acids is 1. The molecule has 0 saturated carbocycles. The van der Waals surface area contributed by atoms with Crippen LogP contribution in [0, 0.1) is 5.92 Å². The van der Waals surface area contributed by atoms with Crippen molar-refractivity contribution in [3.63, 3.8) is 0 Å². The second-order valence-electron chi connectivity index (χ2n) is 13.8. The number of unbranched alkanes of at least 4 members (excludes halogenated alkanes) is 10. The number of nitrogens with zero attached hydrogens (tertiary/aromatic N) is 2. The van der Waals surface area contributed by atoms with Gasteiger partial charge in [-0.15, -0.1) is 0 Å². The molecule has 2 heterocycles. The van der Waals surface area contributed by atoms with Gasteiger partial charge in [0.15, 0.2) is 6.29 Å². The Hall–Kier alpha value is -3.10. The van der Waals surface area contributed by atoms with Crippen LogP contribution in [0.3, 0.4) is 0 Å². The van der Waals surface area contributed by atoms with Crippen molar-refractivity contribution in [3.8, 4) is 0 Å². The lowest BCUT2D eigenvalue weighted by atomic mass is 9.90. The van der Waals surface area contributed by atoms with Gasteiger partial charge in [0, 0.05) is 37.0 Å². The Bertz CT molecular complexity index is 1300. The molecule has 3 aromatic rings. The van der Waals surface area contributed by atoms with Gasteiger partial charge in [-0.1, -0.05) is 134 Å². The molecule has 0 radical (unpaired) electrons. The van der Waals surface area contributed by atoms with Gasteiger partial charge in [-0.3, -0.25) is 9.78 Å². The van der Waals surface area contributed by atoms with Crippen LogP contribution in [0.1, 0.15) is 143 Å². The monoisotopic (exact) mass is 671 g/mol. The standard InChI is InChI=1S/C42H61N3O4/c1-4-6-8-10-12-14-27-45(28-15-13-11-9-7-5-2)31-39-33(3)40(36-22-20-35(32-46)21-23-36)49-42(48-39)37-24-18-34(19-25-37)29-44-41(47)38-17-16-26-43-30-38/h16-26,30,33,39-40,42,46H,4-15,27-29,31-32H2,1-3H3,(H,44,47)/t33-,39+,40+,42+/m0/s1. The number of hydrogen-bond acceptors (Lipinski definition) is 6. The molecule has 49 heavy (non-hydrogen) atoms. The van der Waals surface area contributed by atoms with E-state index >= 15 is 0 Å². The van der Waals surface area contributed by atoms with Gasteiger partial charge in [-0.2, -0.15) is 0 Å². The van der Waals surface area contributed by atoms with Gasteiger partial charge in [0.25, 0.3) is 5.91 Å². The van der Waals surface area contributed by atoms with E-state index in [-0.39, 0.29) is 30.6 Å². The Balaban J connectivity index is 1.46. The lowest BCUT2D eigenvalue weighted by Crippen LogP contribution is -2.45. The van der Waals surface area contributed by atoms with Gasteiger partial charge < -0.3 is 24.8 Å². The molecule has 0 bridgehead atoms. The average molecular weight is 672 g/mol. The van der Waals surface area contributed by atoms with Crippen LogP contribution in [0.15, 0.2) is 73.1 Å². The second kappa shape index (κ2) is 21.9. The first kappa shape index (κ1) is 38.7. The lowest BCUT2D eigenvalue weighted by molar-refractivity contribution is -0.276. The number of aliphatic hydroxyl groups excluding tert-OH is 1. The van der Waals surface area contributed by atoms with E-state index in [0.717, 1.165) is 41.9 Å². The first-order valence-corrected chi connectivity index (χ1v) is 19.0. The number of amides is 1. The van der Waals surface area contributed by atoms with Crippen LogP contribution < -0.4 is 5.32 Å². The molecule has 1 aliphatic heterocycles. The minimum Gasteiger partial charge on any atom is -0.392 e. The minimum atomic E-state index is -0.507. The molecule has 7 heteroatoms. The Morgan fingerprint density at radius 2 is 1.37 bits per heavy atom. The van der Waals surface area contributed by atoms with Gasteiger partial charge in [0.05, 0.1) is 24.4 Å². The number of rotatable bonds is 22. The Kier molecular flexibility index (Phi) is 17.3. The van der Waals surface area contributed by atoms with Crippen LogP contribution in [0.4, 0.5) is 0 Å². The molecule has 1 aliphatic rings. The first-order chi connectivity index (χ1) is 24.0. The van der Waals surface area contributed by atoms with E-state index in [0.29, 0.717) is 12.1 Å². The topological polar surface area (TPSA) is 83.9 Å². The molecular weight excluding hydrogens is 610 g/mol. The van der Waals surface area contributed by atoms with E-state index in [2.05, 4.69) is 60.2 Å². The summed E-state index contributed by atoms with van der Waals surface area (Å²) in [6.45, 7) is 10.4. The van der Waals surface area contributed by atoms with Crippen LogP contribution in [-0.4, -0.2) is 46.6 Å². The SMILES string of the molecule is CCCCCCCCN(CCCCCCCC)C[C@H]1O[C@@H](c2ccc(CNC(=O)c3cccnc3)cc2)O[C@@H](c2ccc(CO)cc2)[C@H]1C. The van der Waals surface area contributed by atoms with Crippen molar-refractivity contribution in [2.24, 2.45) is 5.92 Å². The molecule has 0 unspecified atom stereocenters. The molecule has 1 fully saturated rings. The van der Waals surface area contributed by atoms with Crippen molar-refractivity contribution in [2.45, 2.75) is 129 Å². The van der Waals surface area contributed by atoms with Crippen LogP contribution in [0.5, 0.6) is 0 Å². The smallest absolute Gasteiger partial charge is 0.253 e. The summed E-state index contributed by atoms with van der Waals surface area (Å²) in [5.41, 5.74) is 4.52. The van der Waals surface area contributed by atoms with Crippen molar-refractivity contribution < 1.29 is 19.4 Å². The summed E-state index contributed by atoms with van der Waals surface area (Å²) >= 11 is 0. The molecule has 1 amide bonds. The van der Waals surface area contributed by atoms with Crippen LogP contribution in [0.2, 0.25) is 0 Å². The zero-order valence-electron chi connectivity index (χ0n) is 30.3. The molecule has 2 aromatic carbocycles. The maximum absolute atomic E-state index is 12.5. The Labute approximate surface area is 295 Å². The molecule has 4 rings (SSSR count). The second-order valence-corrected chi connectivity index (χ2v) is 13.8. The normalized spacial score (nSPS) is 19.3. The molecule has 0 aliphatic carbocycles. The molecule has 0 spiro atoms. The van der Waals surface area contributed by atoms with Crippen molar-refractivity contribution in [2.75, 3.05) is 19.6 Å². The summed E-state index contributed by atoms with van der Waals surface area (Å²) in [5, 5.41) is 12.6. The minimum absolute atomic E-state index is 0.0000947. The maximum atomic E-state index is 12.5. The number of hydrogen-bond donors (Lipinski definition) is 2. The molecule has 268 valence electrons. The number of benzene rings is 2. The molecule has 1 saturated heterocycles. The van der Waals surface area contributed by atoms with Gasteiger partial charge in [-0.05, 0) is 54.8 Å². The largest absolute Gasteiger partial charge is 0.392 e. The van der Waals surface area contributed by atoms with Gasteiger partial charge >= 0.3 is 0 Å². The van der Waals surface area contributed by atoms with Crippen LogP contribution >= 0.6 is 0 Å².